The Hall–Kier alpha value is -1.10. The van der Waals surface area contributed by atoms with E-state index >= 15 is 0 Å². The van der Waals surface area contributed by atoms with E-state index in [0.717, 1.165) is 0 Å². The molecule has 5 nitrogen and oxygen atoms in total. The molecule has 1 amide bonds. The first-order valence-corrected chi connectivity index (χ1v) is 5.34. The number of hydrogen-bond donors (Lipinski definition) is 2. The molecular formula is C11H22N2O3. The summed E-state index contributed by atoms with van der Waals surface area (Å²) in [7, 11) is 1.51. The lowest BCUT2D eigenvalue weighted by Crippen LogP contribution is -2.60. The van der Waals surface area contributed by atoms with Crippen molar-refractivity contribution in [2.45, 2.75) is 45.7 Å². The molecule has 0 aromatic heterocycles. The van der Waals surface area contributed by atoms with Crippen molar-refractivity contribution in [3.8, 4) is 0 Å². The SMILES string of the molecule is CCNC(C)(C)C(=O)N(C)C(C)(C)C(=O)O. The number of likely N-dealkylation sites (N-methyl/N-ethyl adjacent to an activating group) is 2. The average Bonchev–Trinajstić information content (AvgIpc) is 2.15. The van der Waals surface area contributed by atoms with Crippen LogP contribution in [0.4, 0.5) is 0 Å². The molecule has 0 heterocycles. The minimum absolute atomic E-state index is 0.234. The Morgan fingerprint density at radius 1 is 1.25 bits per heavy atom. The molecule has 16 heavy (non-hydrogen) atoms. The molecule has 0 bridgehead atoms. The maximum absolute atomic E-state index is 12.1. The van der Waals surface area contributed by atoms with Gasteiger partial charge in [-0.15, -0.1) is 0 Å². The summed E-state index contributed by atoms with van der Waals surface area (Å²) in [4.78, 5) is 24.4. The van der Waals surface area contributed by atoms with Crippen molar-refractivity contribution in [3.05, 3.63) is 0 Å². The van der Waals surface area contributed by atoms with Crippen molar-refractivity contribution in [2.24, 2.45) is 0 Å². The van der Waals surface area contributed by atoms with Crippen molar-refractivity contribution in [2.75, 3.05) is 13.6 Å². The lowest BCUT2D eigenvalue weighted by molar-refractivity contribution is -0.157. The molecule has 0 fully saturated rings. The molecule has 94 valence electrons. The summed E-state index contributed by atoms with van der Waals surface area (Å²) in [5.74, 6) is -1.25. The van der Waals surface area contributed by atoms with Gasteiger partial charge in [0.2, 0.25) is 5.91 Å². The predicted molar refractivity (Wildman–Crippen MR) is 62.2 cm³/mol. The Balaban J connectivity index is 4.94. The number of aliphatic carboxylic acids is 1. The van der Waals surface area contributed by atoms with Gasteiger partial charge < -0.3 is 15.3 Å². The number of carbonyl (C=O) groups is 2. The maximum Gasteiger partial charge on any atom is 0.329 e. The molecular weight excluding hydrogens is 208 g/mol. The van der Waals surface area contributed by atoms with Gasteiger partial charge in [-0.1, -0.05) is 6.92 Å². The highest BCUT2D eigenvalue weighted by molar-refractivity contribution is 5.91. The third-order valence-electron chi connectivity index (χ3n) is 2.82. The number of rotatable bonds is 5. The molecule has 0 aliphatic heterocycles. The quantitative estimate of drug-likeness (QED) is 0.729. The van der Waals surface area contributed by atoms with Gasteiger partial charge in [0.15, 0.2) is 0 Å². The highest BCUT2D eigenvalue weighted by Crippen LogP contribution is 2.17. The van der Waals surface area contributed by atoms with E-state index in [9.17, 15) is 9.59 Å². The highest BCUT2D eigenvalue weighted by Gasteiger charge is 2.40. The van der Waals surface area contributed by atoms with Crippen molar-refractivity contribution < 1.29 is 14.7 Å². The number of hydrogen-bond acceptors (Lipinski definition) is 3. The van der Waals surface area contributed by atoms with E-state index in [1.54, 1.807) is 13.8 Å². The molecule has 0 unspecified atom stereocenters. The maximum atomic E-state index is 12.1. The molecule has 0 saturated carbocycles. The third kappa shape index (κ3) is 2.95. The lowest BCUT2D eigenvalue weighted by atomic mass is 9.97. The fourth-order valence-electron chi connectivity index (χ4n) is 1.33. The second-order valence-electron chi connectivity index (χ2n) is 4.88. The Kier molecular flexibility index (Phi) is 4.49. The van der Waals surface area contributed by atoms with Gasteiger partial charge in [-0.25, -0.2) is 4.79 Å². The number of carboxylic acid groups (broad SMARTS) is 1. The minimum Gasteiger partial charge on any atom is -0.480 e. The van der Waals surface area contributed by atoms with Gasteiger partial charge >= 0.3 is 5.97 Å². The van der Waals surface area contributed by atoms with Gasteiger partial charge in [-0.2, -0.15) is 0 Å². The van der Waals surface area contributed by atoms with Gasteiger partial charge in [0, 0.05) is 7.05 Å². The van der Waals surface area contributed by atoms with Crippen LogP contribution >= 0.6 is 0 Å². The normalized spacial score (nSPS) is 12.4. The zero-order chi connectivity index (χ0) is 13.1. The average molecular weight is 230 g/mol. The van der Waals surface area contributed by atoms with E-state index in [-0.39, 0.29) is 5.91 Å². The summed E-state index contributed by atoms with van der Waals surface area (Å²) in [6.45, 7) is 9.06. The zero-order valence-electron chi connectivity index (χ0n) is 10.9. The number of carbonyl (C=O) groups excluding carboxylic acids is 1. The Morgan fingerprint density at radius 2 is 1.69 bits per heavy atom. The van der Waals surface area contributed by atoms with Crippen molar-refractivity contribution in [1.82, 2.24) is 10.2 Å². The van der Waals surface area contributed by atoms with Crippen LogP contribution < -0.4 is 5.32 Å². The number of carboxylic acids is 1. The van der Waals surface area contributed by atoms with Crippen LogP contribution in [-0.2, 0) is 9.59 Å². The topological polar surface area (TPSA) is 69.6 Å². The molecule has 0 aliphatic carbocycles. The smallest absolute Gasteiger partial charge is 0.329 e. The van der Waals surface area contributed by atoms with Crippen LogP contribution in [0.2, 0.25) is 0 Å². The second kappa shape index (κ2) is 4.82. The van der Waals surface area contributed by atoms with Crippen molar-refractivity contribution in [1.29, 1.82) is 0 Å². The summed E-state index contributed by atoms with van der Waals surface area (Å²) in [5.41, 5.74) is -1.96. The standard InChI is InChI=1S/C11H22N2O3/c1-7-12-10(2,3)8(14)13(6)11(4,5)9(15)16/h12H,7H2,1-6H3,(H,15,16). The van der Waals surface area contributed by atoms with Gasteiger partial charge in [0.1, 0.15) is 5.54 Å². The number of nitrogens with zero attached hydrogens (tertiary/aromatic N) is 1. The summed E-state index contributed by atoms with van der Waals surface area (Å²) in [5, 5.41) is 12.1. The van der Waals surface area contributed by atoms with Gasteiger partial charge in [0.05, 0.1) is 5.54 Å². The van der Waals surface area contributed by atoms with Crippen molar-refractivity contribution >= 4 is 11.9 Å². The summed E-state index contributed by atoms with van der Waals surface area (Å²) in [6.07, 6.45) is 0. The number of amides is 1. The van der Waals surface area contributed by atoms with E-state index in [4.69, 9.17) is 5.11 Å². The summed E-state index contributed by atoms with van der Waals surface area (Å²) in [6, 6.07) is 0. The molecule has 0 aromatic carbocycles. The van der Waals surface area contributed by atoms with E-state index in [1.807, 2.05) is 6.92 Å². The lowest BCUT2D eigenvalue weighted by Gasteiger charge is -2.37. The molecule has 0 aliphatic rings. The van der Waals surface area contributed by atoms with Crippen LogP contribution in [0.15, 0.2) is 0 Å². The molecule has 0 saturated heterocycles. The number of nitrogens with one attached hydrogen (secondary N) is 1. The summed E-state index contributed by atoms with van der Waals surface area (Å²) >= 11 is 0. The van der Waals surface area contributed by atoms with Crippen LogP contribution in [0.1, 0.15) is 34.6 Å². The largest absolute Gasteiger partial charge is 0.480 e. The molecule has 5 heteroatoms. The van der Waals surface area contributed by atoms with E-state index in [2.05, 4.69) is 5.32 Å². The van der Waals surface area contributed by atoms with E-state index < -0.39 is 17.0 Å². The highest BCUT2D eigenvalue weighted by atomic mass is 16.4. The molecule has 0 radical (unpaired) electrons. The Bertz CT molecular complexity index is 285. The van der Waals surface area contributed by atoms with Crippen LogP contribution in [-0.4, -0.2) is 46.6 Å². The van der Waals surface area contributed by atoms with Crippen molar-refractivity contribution in [3.63, 3.8) is 0 Å². The second-order valence-corrected chi connectivity index (χ2v) is 4.88. The zero-order valence-corrected chi connectivity index (χ0v) is 10.9. The monoisotopic (exact) mass is 230 g/mol. The Labute approximate surface area is 96.8 Å². The van der Waals surface area contributed by atoms with Crippen LogP contribution in [0.25, 0.3) is 0 Å². The fourth-order valence-corrected chi connectivity index (χ4v) is 1.33. The molecule has 0 rings (SSSR count). The van der Waals surface area contributed by atoms with E-state index in [0.29, 0.717) is 6.54 Å². The van der Waals surface area contributed by atoms with E-state index in [1.165, 1.54) is 25.8 Å². The Morgan fingerprint density at radius 3 is 2.00 bits per heavy atom. The van der Waals surface area contributed by atoms with Crippen LogP contribution in [0.3, 0.4) is 0 Å². The summed E-state index contributed by atoms with van der Waals surface area (Å²) < 4.78 is 0. The van der Waals surface area contributed by atoms with Crippen LogP contribution in [0.5, 0.6) is 0 Å². The molecule has 0 spiro atoms. The molecule has 0 aromatic rings. The first kappa shape index (κ1) is 14.9. The minimum atomic E-state index is -1.20. The first-order chi connectivity index (χ1) is 7.07. The first-order valence-electron chi connectivity index (χ1n) is 5.34. The van der Waals surface area contributed by atoms with Gasteiger partial charge in [0.25, 0.3) is 0 Å². The van der Waals surface area contributed by atoms with Gasteiger partial charge in [-0.3, -0.25) is 4.79 Å². The fraction of sp³-hybridized carbons (Fsp3) is 0.818. The third-order valence-corrected chi connectivity index (χ3v) is 2.82. The van der Waals surface area contributed by atoms with Crippen LogP contribution in [0, 0.1) is 0 Å². The molecule has 2 N–H and O–H groups in total. The predicted octanol–water partition coefficient (Wildman–Crippen LogP) is 0.696. The molecule has 0 atom stereocenters. The van der Waals surface area contributed by atoms with Gasteiger partial charge in [-0.05, 0) is 34.2 Å².